The molecule has 1 saturated heterocycles. The maximum Gasteiger partial charge on any atom is 0.254 e. The quantitative estimate of drug-likeness (QED) is 0.661. The average molecular weight is 482 g/mol. The number of nitrogens with one attached hydrogen (secondary N) is 2. The Balaban J connectivity index is 1.36. The molecular weight excluding hydrogens is 449 g/mol. The topological polar surface area (TPSA) is 87.7 Å². The number of carbonyl (C=O) groups excluding carboxylic acids is 3. The van der Waals surface area contributed by atoms with Gasteiger partial charge in [0.25, 0.3) is 11.8 Å². The lowest BCUT2D eigenvalue weighted by Crippen LogP contribution is -2.55. The number of piperidine rings is 1. The number of likely N-dealkylation sites (tertiary alicyclic amines) is 1. The number of benzene rings is 2. The number of halogens is 1. The van der Waals surface area contributed by atoms with Gasteiger partial charge in [-0.3, -0.25) is 14.4 Å². The van der Waals surface area contributed by atoms with Gasteiger partial charge in [0, 0.05) is 36.3 Å². The van der Waals surface area contributed by atoms with Crippen LogP contribution in [0, 0.1) is 11.7 Å². The third-order valence-corrected chi connectivity index (χ3v) is 6.91. The summed E-state index contributed by atoms with van der Waals surface area (Å²) in [5.41, 5.74) is 0.933. The molecule has 1 saturated carbocycles. The summed E-state index contributed by atoms with van der Waals surface area (Å²) in [4.78, 5) is 40.6. The fourth-order valence-corrected chi connectivity index (χ4v) is 4.94. The van der Waals surface area contributed by atoms with Gasteiger partial charge in [-0.2, -0.15) is 0 Å². The van der Waals surface area contributed by atoms with E-state index in [9.17, 15) is 18.8 Å². The molecule has 2 N–H and O–H groups in total. The van der Waals surface area contributed by atoms with Crippen molar-refractivity contribution in [2.24, 2.45) is 5.92 Å². The fourth-order valence-electron chi connectivity index (χ4n) is 4.94. The third-order valence-electron chi connectivity index (χ3n) is 6.91. The summed E-state index contributed by atoms with van der Waals surface area (Å²) >= 11 is 0. The number of carbonyl (C=O) groups is 3. The molecular formula is C27H32FN3O4. The zero-order valence-electron chi connectivity index (χ0n) is 20.0. The molecule has 2 fully saturated rings. The minimum absolute atomic E-state index is 0.0823. The molecule has 3 amide bonds. The maximum absolute atomic E-state index is 13.2. The van der Waals surface area contributed by atoms with Crippen LogP contribution in [0.2, 0.25) is 0 Å². The normalized spacial score (nSPS) is 22.2. The summed E-state index contributed by atoms with van der Waals surface area (Å²) in [6.07, 6.45) is 4.95. The maximum atomic E-state index is 13.2. The minimum Gasteiger partial charge on any atom is -0.497 e. The SMILES string of the molecule is COc1cccc(C(=O)N2CCC[C@H](C(=O)N[C@@H]3CCCC[C@H]3NC(=O)c3ccc(F)cc3)C2)c1. The van der Waals surface area contributed by atoms with E-state index in [1.807, 2.05) is 0 Å². The molecule has 8 heteroatoms. The molecule has 0 bridgehead atoms. The lowest BCUT2D eigenvalue weighted by Gasteiger charge is -2.36. The van der Waals surface area contributed by atoms with Gasteiger partial charge in [0.05, 0.1) is 13.0 Å². The molecule has 4 rings (SSSR count). The van der Waals surface area contributed by atoms with Crippen molar-refractivity contribution in [3.05, 3.63) is 65.5 Å². The van der Waals surface area contributed by atoms with E-state index in [2.05, 4.69) is 10.6 Å². The molecule has 1 aliphatic carbocycles. The van der Waals surface area contributed by atoms with Crippen LogP contribution >= 0.6 is 0 Å². The minimum atomic E-state index is -0.393. The van der Waals surface area contributed by atoms with Crippen LogP contribution < -0.4 is 15.4 Å². The summed E-state index contributed by atoms with van der Waals surface area (Å²) in [6.45, 7) is 0.973. The second kappa shape index (κ2) is 11.3. The Morgan fingerprint density at radius 1 is 0.914 bits per heavy atom. The van der Waals surface area contributed by atoms with Crippen molar-refractivity contribution in [3.8, 4) is 5.75 Å². The Labute approximate surface area is 205 Å². The van der Waals surface area contributed by atoms with Crippen molar-refractivity contribution in [2.45, 2.75) is 50.6 Å². The highest BCUT2D eigenvalue weighted by molar-refractivity contribution is 5.95. The van der Waals surface area contributed by atoms with E-state index >= 15 is 0 Å². The first-order valence-electron chi connectivity index (χ1n) is 12.2. The molecule has 0 unspecified atom stereocenters. The second-order valence-corrected chi connectivity index (χ2v) is 9.31. The Kier molecular flexibility index (Phi) is 8.00. The van der Waals surface area contributed by atoms with Crippen LogP contribution in [0.5, 0.6) is 5.75 Å². The first kappa shape index (κ1) is 24.7. The predicted octanol–water partition coefficient (Wildman–Crippen LogP) is 3.54. The van der Waals surface area contributed by atoms with Gasteiger partial charge < -0.3 is 20.3 Å². The standard InChI is InChI=1S/C27H32FN3O4/c1-35-22-8-4-6-19(16-22)27(34)31-15-5-7-20(17-31)26(33)30-24-10-3-2-9-23(24)29-25(32)18-11-13-21(28)14-12-18/h4,6,8,11-14,16,20,23-24H,2-3,5,7,9-10,15,17H2,1H3,(H,29,32)(H,30,33)/t20-,23+,24+/m0/s1. The van der Waals surface area contributed by atoms with Crippen LogP contribution in [-0.2, 0) is 4.79 Å². The lowest BCUT2D eigenvalue weighted by atomic mass is 9.88. The van der Waals surface area contributed by atoms with Crippen LogP contribution in [0.25, 0.3) is 0 Å². The number of ether oxygens (including phenoxy) is 1. The van der Waals surface area contributed by atoms with Crippen molar-refractivity contribution in [1.82, 2.24) is 15.5 Å². The van der Waals surface area contributed by atoms with Crippen LogP contribution in [0.3, 0.4) is 0 Å². The third kappa shape index (κ3) is 6.18. The van der Waals surface area contributed by atoms with Gasteiger partial charge in [-0.15, -0.1) is 0 Å². The van der Waals surface area contributed by atoms with E-state index in [1.54, 1.807) is 36.3 Å². The Morgan fingerprint density at radius 2 is 1.63 bits per heavy atom. The zero-order chi connectivity index (χ0) is 24.8. The van der Waals surface area contributed by atoms with Gasteiger partial charge in [0.2, 0.25) is 5.91 Å². The summed E-state index contributed by atoms with van der Waals surface area (Å²) in [5.74, 6) is -0.536. The molecule has 0 radical (unpaired) electrons. The first-order chi connectivity index (χ1) is 16.9. The van der Waals surface area contributed by atoms with Crippen molar-refractivity contribution < 1.29 is 23.5 Å². The molecule has 0 aromatic heterocycles. The Morgan fingerprint density at radius 3 is 2.34 bits per heavy atom. The molecule has 2 aromatic carbocycles. The summed E-state index contributed by atoms with van der Waals surface area (Å²) in [5, 5.41) is 6.17. The molecule has 35 heavy (non-hydrogen) atoms. The molecule has 1 heterocycles. The molecule has 2 aromatic rings. The van der Waals surface area contributed by atoms with E-state index in [0.717, 1.165) is 32.1 Å². The number of methoxy groups -OCH3 is 1. The number of amides is 3. The van der Waals surface area contributed by atoms with E-state index < -0.39 is 5.82 Å². The molecule has 186 valence electrons. The lowest BCUT2D eigenvalue weighted by molar-refractivity contribution is -0.127. The summed E-state index contributed by atoms with van der Waals surface area (Å²) in [7, 11) is 1.56. The summed E-state index contributed by atoms with van der Waals surface area (Å²) in [6, 6.07) is 12.1. The van der Waals surface area contributed by atoms with Crippen molar-refractivity contribution in [2.75, 3.05) is 20.2 Å². The highest BCUT2D eigenvalue weighted by Gasteiger charge is 2.33. The van der Waals surface area contributed by atoms with Crippen molar-refractivity contribution in [1.29, 1.82) is 0 Å². The van der Waals surface area contributed by atoms with Gasteiger partial charge in [-0.25, -0.2) is 4.39 Å². The van der Waals surface area contributed by atoms with E-state index in [1.165, 1.54) is 24.3 Å². The molecule has 7 nitrogen and oxygen atoms in total. The fraction of sp³-hybridized carbons (Fsp3) is 0.444. The van der Waals surface area contributed by atoms with E-state index in [0.29, 0.717) is 36.4 Å². The highest BCUT2D eigenvalue weighted by Crippen LogP contribution is 2.23. The number of hydrogen-bond donors (Lipinski definition) is 2. The first-order valence-corrected chi connectivity index (χ1v) is 12.2. The van der Waals surface area contributed by atoms with Gasteiger partial charge >= 0.3 is 0 Å². The number of hydrogen-bond acceptors (Lipinski definition) is 4. The van der Waals surface area contributed by atoms with Crippen LogP contribution in [-0.4, -0.2) is 54.9 Å². The van der Waals surface area contributed by atoms with Crippen LogP contribution in [0.4, 0.5) is 4.39 Å². The van der Waals surface area contributed by atoms with Crippen LogP contribution in [0.15, 0.2) is 48.5 Å². The van der Waals surface area contributed by atoms with E-state index in [-0.39, 0.29) is 35.7 Å². The smallest absolute Gasteiger partial charge is 0.254 e. The van der Waals surface area contributed by atoms with Gasteiger partial charge in [-0.1, -0.05) is 18.9 Å². The largest absolute Gasteiger partial charge is 0.497 e. The predicted molar refractivity (Wildman–Crippen MR) is 130 cm³/mol. The van der Waals surface area contributed by atoms with Gasteiger partial charge in [0.15, 0.2) is 0 Å². The van der Waals surface area contributed by atoms with Gasteiger partial charge in [-0.05, 0) is 68.1 Å². The monoisotopic (exact) mass is 481 g/mol. The summed E-state index contributed by atoms with van der Waals surface area (Å²) < 4.78 is 18.4. The zero-order valence-corrected chi connectivity index (χ0v) is 20.0. The van der Waals surface area contributed by atoms with Crippen molar-refractivity contribution in [3.63, 3.8) is 0 Å². The molecule has 2 aliphatic rings. The number of rotatable bonds is 6. The molecule has 0 spiro atoms. The Hall–Kier alpha value is -3.42. The number of nitrogens with zero attached hydrogens (tertiary/aromatic N) is 1. The van der Waals surface area contributed by atoms with Gasteiger partial charge in [0.1, 0.15) is 11.6 Å². The molecule has 1 aliphatic heterocycles. The van der Waals surface area contributed by atoms with Crippen molar-refractivity contribution >= 4 is 17.7 Å². The molecule has 3 atom stereocenters. The highest BCUT2D eigenvalue weighted by atomic mass is 19.1. The Bertz CT molecular complexity index is 1060. The van der Waals surface area contributed by atoms with Crippen LogP contribution in [0.1, 0.15) is 59.2 Å². The van der Waals surface area contributed by atoms with E-state index in [4.69, 9.17) is 4.74 Å². The second-order valence-electron chi connectivity index (χ2n) is 9.31. The average Bonchev–Trinajstić information content (AvgIpc) is 2.89.